The van der Waals surface area contributed by atoms with Crippen LogP contribution in [0.15, 0.2) is 72.8 Å². The highest BCUT2D eigenvalue weighted by atomic mass is 16.6. The van der Waals surface area contributed by atoms with Crippen molar-refractivity contribution in [3.63, 3.8) is 0 Å². The summed E-state index contributed by atoms with van der Waals surface area (Å²) in [7, 11) is 1.77. The largest absolute Gasteiger partial charge is 0.489 e. The SMILES string of the molecule is CN1C[C@H](c2ccc(OCc3ccccc3C#N)cc2)[C@H]([N+](=O)[O-])[C@]12C(=O)Nc1ccccc12. The van der Waals surface area contributed by atoms with Crippen LogP contribution in [0.25, 0.3) is 0 Å². The summed E-state index contributed by atoms with van der Waals surface area (Å²) in [5.41, 5.74) is 2.01. The number of amides is 1. The van der Waals surface area contributed by atoms with Crippen LogP contribution in [0, 0.1) is 21.4 Å². The molecule has 0 saturated carbocycles. The molecule has 5 rings (SSSR count). The van der Waals surface area contributed by atoms with Crippen molar-refractivity contribution < 1.29 is 14.5 Å². The third kappa shape index (κ3) is 3.21. The quantitative estimate of drug-likeness (QED) is 0.466. The number of anilines is 1. The van der Waals surface area contributed by atoms with E-state index >= 15 is 0 Å². The van der Waals surface area contributed by atoms with Crippen LogP contribution in [0.1, 0.15) is 28.2 Å². The summed E-state index contributed by atoms with van der Waals surface area (Å²) >= 11 is 0. The second kappa shape index (κ2) is 8.28. The molecule has 1 N–H and O–H groups in total. The van der Waals surface area contributed by atoms with Gasteiger partial charge in [-0.2, -0.15) is 5.26 Å². The molecule has 2 heterocycles. The van der Waals surface area contributed by atoms with Crippen LogP contribution in [0.4, 0.5) is 5.69 Å². The Bertz CT molecular complexity index is 1320. The van der Waals surface area contributed by atoms with Crippen LogP contribution < -0.4 is 10.1 Å². The second-order valence-corrected chi connectivity index (χ2v) is 8.61. The number of fused-ring (bicyclic) bond motifs is 2. The van der Waals surface area contributed by atoms with Gasteiger partial charge < -0.3 is 10.1 Å². The zero-order valence-corrected chi connectivity index (χ0v) is 18.5. The Morgan fingerprint density at radius 3 is 2.59 bits per heavy atom. The Morgan fingerprint density at radius 2 is 1.85 bits per heavy atom. The lowest BCUT2D eigenvalue weighted by atomic mass is 9.79. The Balaban J connectivity index is 1.43. The van der Waals surface area contributed by atoms with E-state index < -0.39 is 17.5 Å². The van der Waals surface area contributed by atoms with Gasteiger partial charge in [-0.3, -0.25) is 19.8 Å². The molecule has 2 aliphatic heterocycles. The topological polar surface area (TPSA) is 108 Å². The van der Waals surface area contributed by atoms with Crippen molar-refractivity contribution in [1.82, 2.24) is 4.90 Å². The highest BCUT2D eigenvalue weighted by molar-refractivity contribution is 6.06. The molecule has 8 heteroatoms. The highest BCUT2D eigenvalue weighted by Gasteiger charge is 2.68. The third-order valence-corrected chi connectivity index (χ3v) is 6.88. The number of likely N-dealkylation sites (N-methyl/N-ethyl adjacent to an activating group) is 1. The van der Waals surface area contributed by atoms with Gasteiger partial charge in [0, 0.05) is 28.3 Å². The molecule has 1 spiro atoms. The van der Waals surface area contributed by atoms with E-state index in [-0.39, 0.29) is 17.4 Å². The number of rotatable bonds is 5. The van der Waals surface area contributed by atoms with Crippen molar-refractivity contribution in [2.45, 2.75) is 24.1 Å². The lowest BCUT2D eigenvalue weighted by Crippen LogP contribution is -2.54. The van der Waals surface area contributed by atoms with Gasteiger partial charge in [0.15, 0.2) is 5.54 Å². The van der Waals surface area contributed by atoms with E-state index in [2.05, 4.69) is 11.4 Å². The molecule has 170 valence electrons. The lowest BCUT2D eigenvalue weighted by molar-refractivity contribution is -0.534. The first kappa shape index (κ1) is 21.6. The van der Waals surface area contributed by atoms with Crippen LogP contribution in [0.5, 0.6) is 5.75 Å². The van der Waals surface area contributed by atoms with E-state index in [0.29, 0.717) is 29.1 Å². The molecule has 8 nitrogen and oxygen atoms in total. The van der Waals surface area contributed by atoms with Gasteiger partial charge in [0.05, 0.1) is 17.6 Å². The fourth-order valence-electron chi connectivity index (χ4n) is 5.31. The van der Waals surface area contributed by atoms with Crippen molar-refractivity contribution in [1.29, 1.82) is 5.26 Å². The Labute approximate surface area is 196 Å². The molecule has 0 bridgehead atoms. The van der Waals surface area contributed by atoms with Gasteiger partial charge in [-0.05, 0) is 36.9 Å². The summed E-state index contributed by atoms with van der Waals surface area (Å²) in [5, 5.41) is 24.5. The fraction of sp³-hybridized carbons (Fsp3) is 0.231. The molecule has 0 aliphatic carbocycles. The van der Waals surface area contributed by atoms with Crippen LogP contribution in [-0.4, -0.2) is 35.4 Å². The highest BCUT2D eigenvalue weighted by Crippen LogP contribution is 2.51. The number of nitrogens with one attached hydrogen (secondary N) is 1. The minimum atomic E-state index is -1.36. The third-order valence-electron chi connectivity index (χ3n) is 6.88. The number of nitriles is 1. The predicted octanol–water partition coefficient (Wildman–Crippen LogP) is 3.66. The zero-order valence-electron chi connectivity index (χ0n) is 18.5. The maximum atomic E-state index is 13.2. The number of hydrogen-bond donors (Lipinski definition) is 1. The number of benzene rings is 3. The molecular formula is C26H22N4O4. The number of likely N-dealkylation sites (tertiary alicyclic amines) is 1. The van der Waals surface area contributed by atoms with Gasteiger partial charge in [0.2, 0.25) is 0 Å². The van der Waals surface area contributed by atoms with Crippen molar-refractivity contribution >= 4 is 11.6 Å². The van der Waals surface area contributed by atoms with E-state index in [1.807, 2.05) is 24.3 Å². The lowest BCUT2D eigenvalue weighted by Gasteiger charge is -2.30. The number of nitrogens with zero attached hydrogens (tertiary/aromatic N) is 3. The van der Waals surface area contributed by atoms with Crippen LogP contribution >= 0.6 is 0 Å². The second-order valence-electron chi connectivity index (χ2n) is 8.61. The minimum absolute atomic E-state index is 0.243. The van der Waals surface area contributed by atoms with Gasteiger partial charge >= 0.3 is 0 Å². The van der Waals surface area contributed by atoms with Gasteiger partial charge in [-0.1, -0.05) is 48.5 Å². The number of para-hydroxylation sites is 1. The zero-order chi connectivity index (χ0) is 23.9. The molecule has 0 unspecified atom stereocenters. The van der Waals surface area contributed by atoms with Crippen LogP contribution in [-0.2, 0) is 16.9 Å². The number of carbonyl (C=O) groups is 1. The van der Waals surface area contributed by atoms with E-state index in [1.165, 1.54) is 0 Å². The van der Waals surface area contributed by atoms with E-state index in [9.17, 15) is 20.2 Å². The molecule has 34 heavy (non-hydrogen) atoms. The number of carbonyl (C=O) groups excluding carboxylic acids is 1. The summed E-state index contributed by atoms with van der Waals surface area (Å²) in [6.45, 7) is 0.607. The Morgan fingerprint density at radius 1 is 1.15 bits per heavy atom. The van der Waals surface area contributed by atoms with Crippen molar-refractivity contribution in [3.8, 4) is 11.8 Å². The Kier molecular flexibility index (Phi) is 5.27. The normalized spacial score (nSPS) is 23.4. The molecule has 3 aromatic rings. The van der Waals surface area contributed by atoms with Crippen LogP contribution in [0.3, 0.4) is 0 Å². The number of nitro groups is 1. The summed E-state index contributed by atoms with van der Waals surface area (Å²) in [4.78, 5) is 27.0. The van der Waals surface area contributed by atoms with Gasteiger partial charge in [-0.15, -0.1) is 0 Å². The van der Waals surface area contributed by atoms with E-state index in [0.717, 1.165) is 11.1 Å². The molecule has 3 atom stereocenters. The average Bonchev–Trinajstić information content (AvgIpc) is 3.33. The van der Waals surface area contributed by atoms with Crippen molar-refractivity contribution in [2.75, 3.05) is 18.9 Å². The fourth-order valence-corrected chi connectivity index (χ4v) is 5.31. The van der Waals surface area contributed by atoms with E-state index in [1.54, 1.807) is 60.5 Å². The predicted molar refractivity (Wildman–Crippen MR) is 125 cm³/mol. The first-order valence-electron chi connectivity index (χ1n) is 10.9. The van der Waals surface area contributed by atoms with Gasteiger partial charge in [0.25, 0.3) is 11.9 Å². The molecule has 0 radical (unpaired) electrons. The summed E-state index contributed by atoms with van der Waals surface area (Å²) in [5.74, 6) is -0.249. The monoisotopic (exact) mass is 454 g/mol. The molecule has 1 amide bonds. The molecule has 2 aliphatic rings. The first-order valence-corrected chi connectivity index (χ1v) is 10.9. The standard InChI is InChI=1S/C26H22N4O4/c1-29-15-21(24(30(32)33)26(29)22-8-4-5-9-23(22)28-25(26)31)17-10-12-20(13-11-17)34-16-19-7-3-2-6-18(19)14-27/h2-13,21,24H,15-16H2,1H3,(H,28,31)/t21-,24+,26-/m1/s1. The van der Waals surface area contributed by atoms with E-state index in [4.69, 9.17) is 4.74 Å². The van der Waals surface area contributed by atoms with Crippen molar-refractivity contribution in [2.24, 2.45) is 0 Å². The molecule has 1 saturated heterocycles. The summed E-state index contributed by atoms with van der Waals surface area (Å²) in [6, 6.07) is 22.6. The van der Waals surface area contributed by atoms with Crippen molar-refractivity contribution in [3.05, 3.63) is 105 Å². The Hall–Kier alpha value is -4.22. The molecule has 1 fully saturated rings. The first-order chi connectivity index (χ1) is 16.5. The maximum Gasteiger partial charge on any atom is 0.256 e. The molecular weight excluding hydrogens is 432 g/mol. The molecule has 3 aromatic carbocycles. The minimum Gasteiger partial charge on any atom is -0.489 e. The van der Waals surface area contributed by atoms with Crippen LogP contribution in [0.2, 0.25) is 0 Å². The number of hydrogen-bond acceptors (Lipinski definition) is 6. The maximum absolute atomic E-state index is 13.2. The summed E-state index contributed by atoms with van der Waals surface area (Å²) < 4.78 is 5.84. The number of ether oxygens (including phenoxy) is 1. The smallest absolute Gasteiger partial charge is 0.256 e. The summed E-state index contributed by atoms with van der Waals surface area (Å²) in [6.07, 6.45) is 0. The van der Waals surface area contributed by atoms with Gasteiger partial charge in [-0.25, -0.2) is 0 Å². The molecule has 0 aromatic heterocycles. The van der Waals surface area contributed by atoms with Gasteiger partial charge in [0.1, 0.15) is 12.4 Å². The average molecular weight is 454 g/mol.